The molecule has 4 nitrogen and oxygen atoms in total. The number of nitrogens with zero attached hydrogens (tertiary/aromatic N) is 1. The molecule has 0 heterocycles. The Morgan fingerprint density at radius 3 is 2.32 bits per heavy atom. The number of hydrogen-bond acceptors (Lipinski definition) is 2. The third-order valence-electron chi connectivity index (χ3n) is 3.59. The van der Waals surface area contributed by atoms with Crippen LogP contribution in [0.1, 0.15) is 19.4 Å². The molecule has 0 aliphatic carbocycles. The van der Waals surface area contributed by atoms with E-state index in [4.69, 9.17) is 0 Å². The van der Waals surface area contributed by atoms with Crippen molar-refractivity contribution in [2.75, 3.05) is 32.6 Å². The van der Waals surface area contributed by atoms with E-state index in [1.54, 1.807) is 7.05 Å². The molecule has 0 fully saturated rings. The zero-order chi connectivity index (χ0) is 14.4. The summed E-state index contributed by atoms with van der Waals surface area (Å²) in [4.78, 5) is 15.1. The topological polar surface area (TPSA) is 36.8 Å². The first-order valence-electron chi connectivity index (χ1n) is 6.82. The second-order valence-electron chi connectivity index (χ2n) is 5.09. The molecule has 0 aromatic heterocycles. The SMILES string of the molecule is CC[NH+](Cc1ccc(N(C)C)cc1)[C@H](C)C(=O)NC. The van der Waals surface area contributed by atoms with Crippen molar-refractivity contribution in [1.82, 2.24) is 5.32 Å². The van der Waals surface area contributed by atoms with Gasteiger partial charge >= 0.3 is 0 Å². The number of anilines is 1. The predicted octanol–water partition coefficient (Wildman–Crippen LogP) is 0.292. The maximum atomic E-state index is 11.7. The number of amides is 1. The smallest absolute Gasteiger partial charge is 0.277 e. The molecule has 1 unspecified atom stereocenters. The van der Waals surface area contributed by atoms with E-state index in [1.165, 1.54) is 16.2 Å². The normalized spacial score (nSPS) is 13.7. The number of hydrogen-bond donors (Lipinski definition) is 2. The van der Waals surface area contributed by atoms with Gasteiger partial charge in [-0.1, -0.05) is 12.1 Å². The Morgan fingerprint density at radius 2 is 1.89 bits per heavy atom. The van der Waals surface area contributed by atoms with E-state index >= 15 is 0 Å². The molecule has 1 rings (SSSR count). The van der Waals surface area contributed by atoms with Crippen LogP contribution in [-0.4, -0.2) is 39.6 Å². The largest absolute Gasteiger partial charge is 0.378 e. The van der Waals surface area contributed by atoms with Crippen molar-refractivity contribution >= 4 is 11.6 Å². The van der Waals surface area contributed by atoms with Gasteiger partial charge < -0.3 is 15.1 Å². The van der Waals surface area contributed by atoms with Crippen LogP contribution in [0.3, 0.4) is 0 Å². The molecule has 2 atom stereocenters. The Labute approximate surface area is 116 Å². The Morgan fingerprint density at radius 1 is 1.32 bits per heavy atom. The van der Waals surface area contributed by atoms with E-state index in [-0.39, 0.29) is 11.9 Å². The highest BCUT2D eigenvalue weighted by atomic mass is 16.2. The molecule has 1 aromatic rings. The van der Waals surface area contributed by atoms with Crippen LogP contribution in [0, 0.1) is 0 Å². The van der Waals surface area contributed by atoms with Gasteiger partial charge in [0.2, 0.25) is 0 Å². The van der Waals surface area contributed by atoms with Crippen LogP contribution < -0.4 is 15.1 Å². The molecular weight excluding hydrogens is 238 g/mol. The number of benzene rings is 1. The highest BCUT2D eigenvalue weighted by Crippen LogP contribution is 2.11. The summed E-state index contributed by atoms with van der Waals surface area (Å²) in [6.07, 6.45) is 0. The van der Waals surface area contributed by atoms with E-state index in [0.717, 1.165) is 13.1 Å². The molecule has 0 radical (unpaired) electrons. The number of carbonyl (C=O) groups is 1. The Bertz CT molecular complexity index is 400. The Balaban J connectivity index is 2.73. The third kappa shape index (κ3) is 4.24. The van der Waals surface area contributed by atoms with Gasteiger partial charge in [-0.2, -0.15) is 0 Å². The zero-order valence-electron chi connectivity index (χ0n) is 12.7. The fraction of sp³-hybridized carbons (Fsp3) is 0.533. The lowest BCUT2D eigenvalue weighted by atomic mass is 10.1. The molecule has 0 saturated heterocycles. The summed E-state index contributed by atoms with van der Waals surface area (Å²) in [5.41, 5.74) is 2.46. The number of nitrogens with one attached hydrogen (secondary N) is 2. The molecule has 106 valence electrons. The predicted molar refractivity (Wildman–Crippen MR) is 79.5 cm³/mol. The van der Waals surface area contributed by atoms with Crippen molar-refractivity contribution in [1.29, 1.82) is 0 Å². The van der Waals surface area contributed by atoms with Crippen LogP contribution in [0.2, 0.25) is 0 Å². The van der Waals surface area contributed by atoms with Gasteiger partial charge in [0.25, 0.3) is 5.91 Å². The van der Waals surface area contributed by atoms with Crippen LogP contribution in [-0.2, 0) is 11.3 Å². The number of likely N-dealkylation sites (N-methyl/N-ethyl adjacent to an activating group) is 2. The fourth-order valence-electron chi connectivity index (χ4n) is 2.16. The molecule has 19 heavy (non-hydrogen) atoms. The minimum atomic E-state index is -0.0245. The van der Waals surface area contributed by atoms with Crippen molar-refractivity contribution in [2.24, 2.45) is 0 Å². The molecule has 0 saturated carbocycles. The van der Waals surface area contributed by atoms with E-state index in [2.05, 4.69) is 41.4 Å². The number of carbonyl (C=O) groups excluding carboxylic acids is 1. The Hall–Kier alpha value is -1.55. The van der Waals surface area contributed by atoms with E-state index in [1.807, 2.05) is 21.0 Å². The van der Waals surface area contributed by atoms with Gasteiger partial charge in [-0.25, -0.2) is 0 Å². The standard InChI is InChI=1S/C15H25N3O/c1-6-18(12(2)15(19)16-3)11-13-7-9-14(10-8-13)17(4)5/h7-10,12H,6,11H2,1-5H3,(H,16,19)/p+1/t12-/m1/s1. The van der Waals surface area contributed by atoms with Crippen LogP contribution >= 0.6 is 0 Å². The average molecular weight is 264 g/mol. The average Bonchev–Trinajstić information content (AvgIpc) is 2.43. The second kappa shape index (κ2) is 7.14. The number of quaternary nitrogens is 1. The lowest BCUT2D eigenvalue weighted by Crippen LogP contribution is -3.15. The molecule has 4 heteroatoms. The molecule has 0 bridgehead atoms. The van der Waals surface area contributed by atoms with Crippen LogP contribution in [0.5, 0.6) is 0 Å². The minimum absolute atomic E-state index is 0.0245. The lowest BCUT2D eigenvalue weighted by molar-refractivity contribution is -0.926. The third-order valence-corrected chi connectivity index (χ3v) is 3.59. The molecule has 0 aliphatic heterocycles. The zero-order valence-corrected chi connectivity index (χ0v) is 12.7. The second-order valence-corrected chi connectivity index (χ2v) is 5.09. The fourth-order valence-corrected chi connectivity index (χ4v) is 2.16. The highest BCUT2D eigenvalue weighted by molar-refractivity contribution is 5.79. The summed E-state index contributed by atoms with van der Waals surface area (Å²) in [5, 5.41) is 2.72. The van der Waals surface area contributed by atoms with Crippen molar-refractivity contribution in [3.05, 3.63) is 29.8 Å². The van der Waals surface area contributed by atoms with Crippen LogP contribution in [0.15, 0.2) is 24.3 Å². The van der Waals surface area contributed by atoms with Gasteiger partial charge in [0.05, 0.1) is 6.54 Å². The number of rotatable bonds is 6. The van der Waals surface area contributed by atoms with Gasteiger partial charge in [0, 0.05) is 32.4 Å². The minimum Gasteiger partial charge on any atom is -0.378 e. The highest BCUT2D eigenvalue weighted by Gasteiger charge is 2.22. The summed E-state index contributed by atoms with van der Waals surface area (Å²) in [6.45, 7) is 5.90. The van der Waals surface area contributed by atoms with Crippen molar-refractivity contribution in [3.8, 4) is 0 Å². The first-order valence-corrected chi connectivity index (χ1v) is 6.82. The van der Waals surface area contributed by atoms with Crippen molar-refractivity contribution < 1.29 is 9.69 Å². The Kier molecular flexibility index (Phi) is 5.83. The first-order chi connectivity index (χ1) is 8.99. The molecule has 1 amide bonds. The van der Waals surface area contributed by atoms with Crippen molar-refractivity contribution in [3.63, 3.8) is 0 Å². The molecular formula is C15H26N3O+. The van der Waals surface area contributed by atoms with Gasteiger partial charge in [-0.3, -0.25) is 4.79 Å². The van der Waals surface area contributed by atoms with Crippen molar-refractivity contribution in [2.45, 2.75) is 26.4 Å². The summed E-state index contributed by atoms with van der Waals surface area (Å²) < 4.78 is 0. The summed E-state index contributed by atoms with van der Waals surface area (Å²) in [5.74, 6) is 0.0989. The molecule has 1 aromatic carbocycles. The quantitative estimate of drug-likeness (QED) is 0.775. The monoisotopic (exact) mass is 264 g/mol. The van der Waals surface area contributed by atoms with Gasteiger partial charge in [-0.15, -0.1) is 0 Å². The summed E-state index contributed by atoms with van der Waals surface area (Å²) in [6, 6.07) is 8.49. The van der Waals surface area contributed by atoms with Crippen LogP contribution in [0.25, 0.3) is 0 Å². The summed E-state index contributed by atoms with van der Waals surface area (Å²) in [7, 11) is 5.76. The van der Waals surface area contributed by atoms with E-state index in [9.17, 15) is 4.79 Å². The van der Waals surface area contributed by atoms with Gasteiger partial charge in [0.15, 0.2) is 6.04 Å². The molecule has 2 N–H and O–H groups in total. The van der Waals surface area contributed by atoms with E-state index < -0.39 is 0 Å². The maximum absolute atomic E-state index is 11.7. The van der Waals surface area contributed by atoms with E-state index in [0.29, 0.717) is 0 Å². The summed E-state index contributed by atoms with van der Waals surface area (Å²) >= 11 is 0. The van der Waals surface area contributed by atoms with Crippen LogP contribution in [0.4, 0.5) is 5.69 Å². The first kappa shape index (κ1) is 15.5. The molecule has 0 spiro atoms. The maximum Gasteiger partial charge on any atom is 0.277 e. The van der Waals surface area contributed by atoms with Gasteiger partial charge in [0.1, 0.15) is 6.54 Å². The molecule has 0 aliphatic rings. The van der Waals surface area contributed by atoms with Gasteiger partial charge in [-0.05, 0) is 26.0 Å². The lowest BCUT2D eigenvalue weighted by Gasteiger charge is -2.23.